The molecule has 12 heavy (non-hydrogen) atoms. The summed E-state index contributed by atoms with van der Waals surface area (Å²) < 4.78 is 0. The SMILES string of the molecule is Cc1ccc(C)c(SC(=N)N)c1. The average Bonchev–Trinajstić information content (AvgIpc) is 1.96. The van der Waals surface area contributed by atoms with E-state index < -0.39 is 0 Å². The van der Waals surface area contributed by atoms with Gasteiger partial charge in [0.1, 0.15) is 0 Å². The number of nitrogens with one attached hydrogen (secondary N) is 1. The largest absolute Gasteiger partial charge is 0.378 e. The number of thioether (sulfide) groups is 1. The second-order valence-corrected chi connectivity index (χ2v) is 3.82. The van der Waals surface area contributed by atoms with E-state index in [1.807, 2.05) is 26.0 Å². The van der Waals surface area contributed by atoms with Gasteiger partial charge in [-0.25, -0.2) is 0 Å². The van der Waals surface area contributed by atoms with E-state index in [1.165, 1.54) is 22.9 Å². The van der Waals surface area contributed by atoms with Gasteiger partial charge in [0, 0.05) is 4.90 Å². The lowest BCUT2D eigenvalue weighted by molar-refractivity contribution is 1.26. The molecule has 0 saturated carbocycles. The standard InChI is InChI=1S/C9H12N2S/c1-6-3-4-7(2)8(5-6)12-9(10)11/h3-5H,1-2H3,(H3,10,11). The van der Waals surface area contributed by atoms with Crippen LogP contribution in [0.25, 0.3) is 0 Å². The number of amidine groups is 1. The molecule has 0 fully saturated rings. The topological polar surface area (TPSA) is 49.9 Å². The minimum atomic E-state index is 0.142. The highest BCUT2D eigenvalue weighted by Gasteiger charge is 2.00. The Labute approximate surface area is 76.7 Å². The quantitative estimate of drug-likeness (QED) is 0.396. The first kappa shape index (κ1) is 9.13. The van der Waals surface area contributed by atoms with Gasteiger partial charge in [0.25, 0.3) is 0 Å². The van der Waals surface area contributed by atoms with Gasteiger partial charge < -0.3 is 5.73 Å². The van der Waals surface area contributed by atoms with Gasteiger partial charge in [-0.3, -0.25) is 5.41 Å². The van der Waals surface area contributed by atoms with Crippen LogP contribution in [-0.2, 0) is 0 Å². The Balaban J connectivity index is 2.97. The van der Waals surface area contributed by atoms with Crippen molar-refractivity contribution in [2.45, 2.75) is 18.7 Å². The molecular weight excluding hydrogens is 168 g/mol. The molecule has 0 unspecified atom stereocenters. The molecule has 3 N–H and O–H groups in total. The van der Waals surface area contributed by atoms with Gasteiger partial charge in [0.15, 0.2) is 5.17 Å². The Hall–Kier alpha value is -0.960. The van der Waals surface area contributed by atoms with E-state index in [0.29, 0.717) is 0 Å². The fraction of sp³-hybridized carbons (Fsp3) is 0.222. The zero-order chi connectivity index (χ0) is 9.14. The maximum atomic E-state index is 7.14. The molecule has 3 heteroatoms. The summed E-state index contributed by atoms with van der Waals surface area (Å²) in [6.45, 7) is 4.05. The molecule has 0 amide bonds. The van der Waals surface area contributed by atoms with Crippen molar-refractivity contribution in [3.8, 4) is 0 Å². The van der Waals surface area contributed by atoms with Crippen molar-refractivity contribution < 1.29 is 0 Å². The molecule has 1 rings (SSSR count). The van der Waals surface area contributed by atoms with Crippen molar-refractivity contribution in [2.75, 3.05) is 0 Å². The van der Waals surface area contributed by atoms with Gasteiger partial charge in [-0.2, -0.15) is 0 Å². The summed E-state index contributed by atoms with van der Waals surface area (Å²) in [4.78, 5) is 1.07. The van der Waals surface area contributed by atoms with E-state index in [-0.39, 0.29) is 5.17 Å². The van der Waals surface area contributed by atoms with Gasteiger partial charge in [-0.15, -0.1) is 0 Å². The van der Waals surface area contributed by atoms with Crippen LogP contribution in [0, 0.1) is 19.3 Å². The third-order valence-electron chi connectivity index (χ3n) is 1.56. The number of hydrogen-bond acceptors (Lipinski definition) is 2. The first-order chi connectivity index (χ1) is 5.59. The third kappa shape index (κ3) is 2.27. The van der Waals surface area contributed by atoms with Crippen molar-refractivity contribution in [3.63, 3.8) is 0 Å². The van der Waals surface area contributed by atoms with E-state index in [0.717, 1.165) is 4.90 Å². The first-order valence-electron chi connectivity index (χ1n) is 3.68. The minimum Gasteiger partial charge on any atom is -0.378 e. The summed E-state index contributed by atoms with van der Waals surface area (Å²) in [6.07, 6.45) is 0. The molecule has 0 aromatic heterocycles. The van der Waals surface area contributed by atoms with Gasteiger partial charge in [-0.05, 0) is 31.0 Å². The normalized spacial score (nSPS) is 9.83. The van der Waals surface area contributed by atoms with Crippen molar-refractivity contribution in [3.05, 3.63) is 29.3 Å². The van der Waals surface area contributed by atoms with E-state index in [1.54, 1.807) is 0 Å². The van der Waals surface area contributed by atoms with Gasteiger partial charge in [-0.1, -0.05) is 23.9 Å². The summed E-state index contributed by atoms with van der Waals surface area (Å²) in [7, 11) is 0. The summed E-state index contributed by atoms with van der Waals surface area (Å²) in [6, 6.07) is 6.14. The summed E-state index contributed by atoms with van der Waals surface area (Å²) in [5, 5.41) is 7.28. The first-order valence-corrected chi connectivity index (χ1v) is 4.50. The lowest BCUT2D eigenvalue weighted by Gasteiger charge is -2.04. The third-order valence-corrected chi connectivity index (χ3v) is 2.44. The highest BCUT2D eigenvalue weighted by atomic mass is 32.2. The molecule has 0 atom stereocenters. The van der Waals surface area contributed by atoms with E-state index in [4.69, 9.17) is 11.1 Å². The van der Waals surface area contributed by atoms with Crippen LogP contribution in [-0.4, -0.2) is 5.17 Å². The van der Waals surface area contributed by atoms with Crippen LogP contribution in [0.4, 0.5) is 0 Å². The molecule has 0 radical (unpaired) electrons. The minimum absolute atomic E-state index is 0.142. The maximum absolute atomic E-state index is 7.14. The smallest absolute Gasteiger partial charge is 0.155 e. The van der Waals surface area contributed by atoms with E-state index >= 15 is 0 Å². The second kappa shape index (κ2) is 3.63. The Bertz CT molecular complexity index is 307. The number of nitrogens with two attached hydrogens (primary N) is 1. The van der Waals surface area contributed by atoms with Crippen LogP contribution in [0.5, 0.6) is 0 Å². The molecule has 0 heterocycles. The number of rotatable bonds is 1. The van der Waals surface area contributed by atoms with E-state index in [9.17, 15) is 0 Å². The van der Waals surface area contributed by atoms with Crippen LogP contribution in [0.3, 0.4) is 0 Å². The molecule has 0 bridgehead atoms. The van der Waals surface area contributed by atoms with Crippen LogP contribution in [0.2, 0.25) is 0 Å². The maximum Gasteiger partial charge on any atom is 0.155 e. The fourth-order valence-electron chi connectivity index (χ4n) is 0.936. The molecular formula is C9H12N2S. The Morgan fingerprint density at radius 2 is 2.08 bits per heavy atom. The number of hydrogen-bond donors (Lipinski definition) is 2. The lowest BCUT2D eigenvalue weighted by atomic mass is 10.2. The fourth-order valence-corrected chi connectivity index (χ4v) is 1.65. The van der Waals surface area contributed by atoms with Crippen molar-refractivity contribution in [1.29, 1.82) is 5.41 Å². The molecule has 64 valence electrons. The Morgan fingerprint density at radius 1 is 1.42 bits per heavy atom. The Kier molecular flexibility index (Phi) is 2.76. The number of aryl methyl sites for hydroxylation is 2. The number of benzene rings is 1. The van der Waals surface area contributed by atoms with Crippen LogP contribution < -0.4 is 5.73 Å². The summed E-state index contributed by atoms with van der Waals surface area (Å²) >= 11 is 1.30. The average molecular weight is 180 g/mol. The summed E-state index contributed by atoms with van der Waals surface area (Å²) in [5.41, 5.74) is 7.66. The predicted molar refractivity (Wildman–Crippen MR) is 53.7 cm³/mol. The lowest BCUT2D eigenvalue weighted by Crippen LogP contribution is -2.03. The molecule has 0 aliphatic rings. The molecule has 0 aliphatic carbocycles. The van der Waals surface area contributed by atoms with Gasteiger partial charge in [0.05, 0.1) is 0 Å². The monoisotopic (exact) mass is 180 g/mol. The molecule has 0 aliphatic heterocycles. The highest BCUT2D eigenvalue weighted by Crippen LogP contribution is 2.22. The van der Waals surface area contributed by atoms with Gasteiger partial charge in [0.2, 0.25) is 0 Å². The predicted octanol–water partition coefficient (Wildman–Crippen LogP) is 2.29. The van der Waals surface area contributed by atoms with Crippen molar-refractivity contribution >= 4 is 16.9 Å². The zero-order valence-electron chi connectivity index (χ0n) is 7.22. The zero-order valence-corrected chi connectivity index (χ0v) is 8.03. The molecule has 0 spiro atoms. The van der Waals surface area contributed by atoms with Crippen molar-refractivity contribution in [1.82, 2.24) is 0 Å². The van der Waals surface area contributed by atoms with Gasteiger partial charge >= 0.3 is 0 Å². The molecule has 0 saturated heterocycles. The summed E-state index contributed by atoms with van der Waals surface area (Å²) in [5.74, 6) is 0. The molecule has 2 nitrogen and oxygen atoms in total. The molecule has 1 aromatic rings. The van der Waals surface area contributed by atoms with Crippen molar-refractivity contribution in [2.24, 2.45) is 5.73 Å². The second-order valence-electron chi connectivity index (χ2n) is 2.74. The van der Waals surface area contributed by atoms with E-state index in [2.05, 4.69) is 6.07 Å². The van der Waals surface area contributed by atoms with Crippen LogP contribution in [0.15, 0.2) is 23.1 Å². The molecule has 1 aromatic carbocycles. The Morgan fingerprint density at radius 3 is 2.67 bits per heavy atom. The van der Waals surface area contributed by atoms with Crippen LogP contribution in [0.1, 0.15) is 11.1 Å². The van der Waals surface area contributed by atoms with Crippen LogP contribution >= 0.6 is 11.8 Å². The highest BCUT2D eigenvalue weighted by molar-refractivity contribution is 8.13.